The lowest BCUT2D eigenvalue weighted by atomic mass is 10.1. The minimum atomic E-state index is -3.46. The number of hydrogen-bond donors (Lipinski definition) is 3. The molecular formula is C18H26N4O4S. The molecule has 8 nitrogen and oxygen atoms in total. The first kappa shape index (κ1) is 19.6. The molecule has 4 N–H and O–H groups in total. The van der Waals surface area contributed by atoms with Gasteiger partial charge in [0.1, 0.15) is 0 Å². The highest BCUT2D eigenvalue weighted by Gasteiger charge is 2.34. The van der Waals surface area contributed by atoms with Crippen LogP contribution in [0.2, 0.25) is 0 Å². The zero-order valence-corrected chi connectivity index (χ0v) is 16.0. The lowest BCUT2D eigenvalue weighted by Gasteiger charge is -2.33. The van der Waals surface area contributed by atoms with Crippen LogP contribution in [0.5, 0.6) is 0 Å². The minimum Gasteiger partial charge on any atom is -0.366 e. The van der Waals surface area contributed by atoms with Crippen molar-refractivity contribution in [2.45, 2.75) is 49.8 Å². The van der Waals surface area contributed by atoms with E-state index in [2.05, 4.69) is 10.0 Å². The van der Waals surface area contributed by atoms with E-state index in [0.717, 1.165) is 25.7 Å². The second-order valence-electron chi connectivity index (χ2n) is 7.23. The molecule has 0 spiro atoms. The summed E-state index contributed by atoms with van der Waals surface area (Å²) in [4.78, 5) is 25.3. The Labute approximate surface area is 159 Å². The number of nitrogens with one attached hydrogen (secondary N) is 2. The van der Waals surface area contributed by atoms with Crippen molar-refractivity contribution in [3.8, 4) is 0 Å². The Balaban J connectivity index is 1.62. The number of nitrogens with zero attached hydrogens (tertiary/aromatic N) is 1. The molecule has 0 radical (unpaired) electrons. The molecule has 2 fully saturated rings. The smallest absolute Gasteiger partial charge is 0.321 e. The summed E-state index contributed by atoms with van der Waals surface area (Å²) in [6.07, 6.45) is 5.04. The van der Waals surface area contributed by atoms with Crippen molar-refractivity contribution < 1.29 is 18.0 Å². The summed E-state index contributed by atoms with van der Waals surface area (Å²) in [5, 5.41) is 2.11. The molecule has 1 aliphatic carbocycles. The number of carbonyl (C=O) groups is 2. The molecule has 0 bridgehead atoms. The Kier molecular flexibility index (Phi) is 6.01. The first-order chi connectivity index (χ1) is 12.8. The molecule has 1 saturated carbocycles. The Hall–Kier alpha value is -2.13. The maximum absolute atomic E-state index is 12.7. The fourth-order valence-corrected chi connectivity index (χ4v) is 5.45. The minimum absolute atomic E-state index is 0.0238. The van der Waals surface area contributed by atoms with Crippen molar-refractivity contribution in [1.82, 2.24) is 9.62 Å². The Bertz CT molecular complexity index is 805. The van der Waals surface area contributed by atoms with Crippen LogP contribution in [-0.2, 0) is 10.0 Å². The maximum Gasteiger partial charge on any atom is 0.321 e. The summed E-state index contributed by atoms with van der Waals surface area (Å²) in [7, 11) is -3.46. The number of anilines is 1. The van der Waals surface area contributed by atoms with Crippen LogP contribution in [0.4, 0.5) is 10.5 Å². The van der Waals surface area contributed by atoms with Gasteiger partial charge >= 0.3 is 6.03 Å². The van der Waals surface area contributed by atoms with Crippen LogP contribution in [-0.4, -0.2) is 49.6 Å². The van der Waals surface area contributed by atoms with Gasteiger partial charge in [0.2, 0.25) is 15.9 Å². The van der Waals surface area contributed by atoms with E-state index in [4.69, 9.17) is 5.73 Å². The molecule has 1 heterocycles. The van der Waals surface area contributed by atoms with Crippen LogP contribution < -0.4 is 15.8 Å². The van der Waals surface area contributed by atoms with Crippen LogP contribution in [0.1, 0.15) is 48.9 Å². The second kappa shape index (κ2) is 8.26. The van der Waals surface area contributed by atoms with Gasteiger partial charge in [-0.2, -0.15) is 0 Å². The van der Waals surface area contributed by atoms with Crippen LogP contribution >= 0.6 is 0 Å². The fraction of sp³-hybridized carbons (Fsp3) is 0.556. The van der Waals surface area contributed by atoms with Gasteiger partial charge in [-0.3, -0.25) is 4.79 Å². The Morgan fingerprint density at radius 3 is 2.56 bits per heavy atom. The molecule has 27 heavy (non-hydrogen) atoms. The number of sulfonamides is 1. The Morgan fingerprint density at radius 1 is 1.11 bits per heavy atom. The van der Waals surface area contributed by atoms with Gasteiger partial charge in [0, 0.05) is 30.4 Å². The molecule has 3 amide bonds. The quantitative estimate of drug-likeness (QED) is 0.703. The van der Waals surface area contributed by atoms with E-state index in [1.54, 1.807) is 18.2 Å². The zero-order valence-electron chi connectivity index (χ0n) is 15.2. The van der Waals surface area contributed by atoms with Crippen LogP contribution in [0.25, 0.3) is 0 Å². The van der Waals surface area contributed by atoms with E-state index < -0.39 is 21.2 Å². The average Bonchev–Trinajstić information content (AvgIpc) is 3.14. The van der Waals surface area contributed by atoms with Gasteiger partial charge in [0.25, 0.3) is 0 Å². The third kappa shape index (κ3) is 4.98. The van der Waals surface area contributed by atoms with Gasteiger partial charge in [0.05, 0.1) is 5.25 Å². The maximum atomic E-state index is 12.7. The monoisotopic (exact) mass is 394 g/mol. The zero-order chi connectivity index (χ0) is 19.4. The number of primary amides is 1. The normalized spacial score (nSPS) is 21.2. The molecule has 9 heteroatoms. The third-order valence-electron chi connectivity index (χ3n) is 5.19. The Morgan fingerprint density at radius 2 is 1.85 bits per heavy atom. The highest BCUT2D eigenvalue weighted by atomic mass is 32.2. The molecule has 0 aromatic heterocycles. The highest BCUT2D eigenvalue weighted by Crippen LogP contribution is 2.22. The lowest BCUT2D eigenvalue weighted by molar-refractivity contribution is 0.1000. The SMILES string of the molecule is NC(=O)c1cccc(NC(=O)N2CCCC(S(=O)(=O)NC3CCCC3)C2)c1. The van der Waals surface area contributed by atoms with Gasteiger partial charge in [-0.25, -0.2) is 17.9 Å². The van der Waals surface area contributed by atoms with Crippen LogP contribution in [0.15, 0.2) is 24.3 Å². The van der Waals surface area contributed by atoms with Gasteiger partial charge < -0.3 is 16.0 Å². The molecule has 1 atom stereocenters. The number of likely N-dealkylation sites (tertiary alicyclic amines) is 1. The molecule has 1 aromatic carbocycles. The summed E-state index contributed by atoms with van der Waals surface area (Å²) in [5.74, 6) is -0.576. The van der Waals surface area contributed by atoms with E-state index >= 15 is 0 Å². The molecule has 1 saturated heterocycles. The number of benzene rings is 1. The first-order valence-electron chi connectivity index (χ1n) is 9.32. The number of rotatable bonds is 5. The topological polar surface area (TPSA) is 122 Å². The number of piperidine rings is 1. The molecule has 1 aliphatic heterocycles. The van der Waals surface area contributed by atoms with Crippen LogP contribution in [0.3, 0.4) is 0 Å². The van der Waals surface area contributed by atoms with Gasteiger partial charge in [-0.15, -0.1) is 0 Å². The summed E-state index contributed by atoms with van der Waals surface area (Å²) >= 11 is 0. The highest BCUT2D eigenvalue weighted by molar-refractivity contribution is 7.90. The standard InChI is InChI=1S/C18H26N4O4S/c19-17(23)13-5-3-8-15(11-13)20-18(24)22-10-4-9-16(12-22)27(25,26)21-14-6-1-2-7-14/h3,5,8,11,14,16,21H,1-2,4,6-7,9-10,12H2,(H2,19,23)(H,20,24). The van der Waals surface area contributed by atoms with Crippen LogP contribution in [0, 0.1) is 0 Å². The van der Waals surface area contributed by atoms with E-state index in [0.29, 0.717) is 30.6 Å². The summed E-state index contributed by atoms with van der Waals surface area (Å²) in [6, 6.07) is 6.00. The molecule has 1 aromatic rings. The number of nitrogens with two attached hydrogens (primary N) is 1. The van der Waals surface area contributed by atoms with Gasteiger partial charge in [-0.05, 0) is 43.9 Å². The van der Waals surface area contributed by atoms with E-state index in [-0.39, 0.29) is 18.6 Å². The largest absolute Gasteiger partial charge is 0.366 e. The molecule has 1 unspecified atom stereocenters. The van der Waals surface area contributed by atoms with Crippen molar-refractivity contribution >= 4 is 27.6 Å². The lowest BCUT2D eigenvalue weighted by Crippen LogP contribution is -2.50. The predicted octanol–water partition coefficient (Wildman–Crippen LogP) is 1.64. The number of hydrogen-bond acceptors (Lipinski definition) is 4. The number of urea groups is 1. The van der Waals surface area contributed by atoms with Crippen molar-refractivity contribution in [2.75, 3.05) is 18.4 Å². The van der Waals surface area contributed by atoms with Crippen molar-refractivity contribution in [3.63, 3.8) is 0 Å². The van der Waals surface area contributed by atoms with E-state index in [1.165, 1.54) is 11.0 Å². The average molecular weight is 394 g/mol. The van der Waals surface area contributed by atoms with Crippen molar-refractivity contribution in [2.24, 2.45) is 5.73 Å². The molecular weight excluding hydrogens is 368 g/mol. The first-order valence-corrected chi connectivity index (χ1v) is 10.9. The summed E-state index contributed by atoms with van der Waals surface area (Å²) < 4.78 is 28.2. The fourth-order valence-electron chi connectivity index (χ4n) is 3.70. The van der Waals surface area contributed by atoms with E-state index in [9.17, 15) is 18.0 Å². The van der Waals surface area contributed by atoms with Gasteiger partial charge in [-0.1, -0.05) is 18.9 Å². The van der Waals surface area contributed by atoms with Crippen molar-refractivity contribution in [3.05, 3.63) is 29.8 Å². The number of amides is 3. The second-order valence-corrected chi connectivity index (χ2v) is 9.22. The van der Waals surface area contributed by atoms with Crippen molar-refractivity contribution in [1.29, 1.82) is 0 Å². The number of carbonyl (C=O) groups excluding carboxylic acids is 2. The summed E-state index contributed by atoms with van der Waals surface area (Å²) in [6.45, 7) is 0.653. The summed E-state index contributed by atoms with van der Waals surface area (Å²) in [5.41, 5.74) is 6.00. The van der Waals surface area contributed by atoms with E-state index in [1.807, 2.05) is 0 Å². The van der Waals surface area contributed by atoms with Gasteiger partial charge in [0.15, 0.2) is 0 Å². The molecule has 148 valence electrons. The predicted molar refractivity (Wildman–Crippen MR) is 103 cm³/mol. The molecule has 3 rings (SSSR count). The molecule has 2 aliphatic rings. The third-order valence-corrected chi connectivity index (χ3v) is 7.11.